The van der Waals surface area contributed by atoms with Gasteiger partial charge >= 0.3 is 0 Å². The first-order valence-electron chi connectivity index (χ1n) is 8.19. The predicted octanol–water partition coefficient (Wildman–Crippen LogP) is 5.12. The van der Waals surface area contributed by atoms with Crippen LogP contribution >= 0.6 is 0 Å². The highest BCUT2D eigenvalue weighted by molar-refractivity contribution is 5.34. The highest BCUT2D eigenvalue weighted by Gasteiger charge is 1.92. The normalized spacial score (nSPS) is 9.38. The molecule has 0 fully saturated rings. The van der Waals surface area contributed by atoms with Gasteiger partial charge in [-0.25, -0.2) is 0 Å². The van der Waals surface area contributed by atoms with Crippen LogP contribution in [0.1, 0.15) is 22.3 Å². The van der Waals surface area contributed by atoms with Gasteiger partial charge in [0.1, 0.15) is 23.0 Å². The smallest absolute Gasteiger partial charge is 0.118 e. The lowest BCUT2D eigenvalue weighted by Crippen LogP contribution is -1.75. The third kappa shape index (κ3) is 7.62. The number of rotatable bonds is 0. The van der Waals surface area contributed by atoms with Crippen LogP contribution in [0.25, 0.3) is 0 Å². The second kappa shape index (κ2) is 9.99. The quantitative estimate of drug-likeness (QED) is 0.423. The Morgan fingerprint density at radius 2 is 0.769 bits per heavy atom. The van der Waals surface area contributed by atoms with Gasteiger partial charge in [-0.1, -0.05) is 35.4 Å². The largest absolute Gasteiger partial charge is 0.508 e. The molecule has 3 aromatic carbocycles. The van der Waals surface area contributed by atoms with E-state index in [1.807, 2.05) is 52.0 Å². The van der Waals surface area contributed by atoms with Crippen molar-refractivity contribution in [3.63, 3.8) is 0 Å². The zero-order valence-corrected chi connectivity index (χ0v) is 15.6. The maximum atomic E-state index is 9.04. The van der Waals surface area contributed by atoms with Crippen LogP contribution in [0, 0.1) is 27.7 Å². The van der Waals surface area contributed by atoms with Crippen molar-refractivity contribution in [2.75, 3.05) is 0 Å². The summed E-state index contributed by atoms with van der Waals surface area (Å²) >= 11 is 0. The Morgan fingerprint density at radius 1 is 0.462 bits per heavy atom. The van der Waals surface area contributed by atoms with Crippen molar-refractivity contribution in [2.45, 2.75) is 27.7 Å². The minimum absolute atomic E-state index is 0.169. The van der Waals surface area contributed by atoms with E-state index in [0.29, 0.717) is 11.5 Å². The molecule has 138 valence electrons. The van der Waals surface area contributed by atoms with Gasteiger partial charge in [-0.05, 0) is 75.2 Å². The van der Waals surface area contributed by atoms with E-state index in [1.165, 1.54) is 35.4 Å². The van der Waals surface area contributed by atoms with E-state index in [4.69, 9.17) is 20.4 Å². The zero-order chi connectivity index (χ0) is 19.7. The van der Waals surface area contributed by atoms with Crippen LogP contribution in [0.2, 0.25) is 0 Å². The van der Waals surface area contributed by atoms with Crippen LogP contribution in [0.3, 0.4) is 0 Å². The highest BCUT2D eigenvalue weighted by Crippen LogP contribution is 2.16. The van der Waals surface area contributed by atoms with Crippen LogP contribution in [-0.2, 0) is 0 Å². The highest BCUT2D eigenvalue weighted by atomic mass is 16.3. The van der Waals surface area contributed by atoms with Gasteiger partial charge in [-0.2, -0.15) is 0 Å². The fourth-order valence-electron chi connectivity index (χ4n) is 2.06. The van der Waals surface area contributed by atoms with E-state index in [9.17, 15) is 0 Å². The third-order valence-corrected chi connectivity index (χ3v) is 3.55. The van der Waals surface area contributed by atoms with Crippen molar-refractivity contribution in [1.82, 2.24) is 0 Å². The number of phenolic OH excluding ortho intramolecular Hbond substituents is 4. The number of aromatic hydroxyl groups is 4. The SMILES string of the molecule is Cc1ccc(O)c(C)c1.Cc1ccc(O)c(C)c1.Oc1ccc(O)cc1. The molecule has 3 rings (SSSR count). The topological polar surface area (TPSA) is 80.9 Å². The van der Waals surface area contributed by atoms with Crippen LogP contribution < -0.4 is 0 Å². The van der Waals surface area contributed by atoms with E-state index in [2.05, 4.69) is 0 Å². The lowest BCUT2D eigenvalue weighted by molar-refractivity contribution is 0.460. The Bertz CT molecular complexity index is 754. The Balaban J connectivity index is 0.000000195. The van der Waals surface area contributed by atoms with Crippen molar-refractivity contribution in [3.05, 3.63) is 82.9 Å². The maximum absolute atomic E-state index is 9.04. The lowest BCUT2D eigenvalue weighted by Gasteiger charge is -1.97. The molecule has 4 N–H and O–H groups in total. The number of hydrogen-bond acceptors (Lipinski definition) is 4. The van der Waals surface area contributed by atoms with Gasteiger partial charge in [0, 0.05) is 0 Å². The molecule has 26 heavy (non-hydrogen) atoms. The summed E-state index contributed by atoms with van der Waals surface area (Å²) in [6.07, 6.45) is 0. The third-order valence-electron chi connectivity index (χ3n) is 3.55. The molecule has 0 aromatic heterocycles. The van der Waals surface area contributed by atoms with Crippen molar-refractivity contribution in [2.24, 2.45) is 0 Å². The first-order chi connectivity index (χ1) is 12.2. The molecular weight excluding hydrogens is 328 g/mol. The standard InChI is InChI=1S/2C8H10O.C6H6O2/c2*1-6-3-4-8(9)7(2)5-6;7-5-1-2-6(8)4-3-5/h2*3-5,9H,1-2H3;1-4,7-8H. The lowest BCUT2D eigenvalue weighted by atomic mass is 10.1. The Morgan fingerprint density at radius 3 is 1.00 bits per heavy atom. The fraction of sp³-hybridized carbons (Fsp3) is 0.182. The van der Waals surface area contributed by atoms with Crippen molar-refractivity contribution < 1.29 is 20.4 Å². The molecule has 0 saturated carbocycles. The summed E-state index contributed by atoms with van der Waals surface area (Å²) in [5.74, 6) is 1.09. The number of hydrogen-bond donors (Lipinski definition) is 4. The van der Waals surface area contributed by atoms with E-state index in [1.54, 1.807) is 12.1 Å². The molecule has 0 aliphatic rings. The van der Waals surface area contributed by atoms with Crippen LogP contribution in [-0.4, -0.2) is 20.4 Å². The molecule has 0 radical (unpaired) electrons. The Labute approximate surface area is 154 Å². The molecule has 0 aliphatic heterocycles. The maximum Gasteiger partial charge on any atom is 0.118 e. The Kier molecular flexibility index (Phi) is 8.03. The van der Waals surface area contributed by atoms with Gasteiger partial charge in [0.25, 0.3) is 0 Å². The average molecular weight is 354 g/mol. The van der Waals surface area contributed by atoms with E-state index in [0.717, 1.165) is 11.1 Å². The molecule has 0 aliphatic carbocycles. The monoisotopic (exact) mass is 354 g/mol. The predicted molar refractivity (Wildman–Crippen MR) is 105 cm³/mol. The van der Waals surface area contributed by atoms with E-state index >= 15 is 0 Å². The van der Waals surface area contributed by atoms with Crippen LogP contribution in [0.5, 0.6) is 23.0 Å². The minimum atomic E-state index is 0.169. The summed E-state index contributed by atoms with van der Waals surface area (Å²) in [6, 6.07) is 16.8. The second-order valence-corrected chi connectivity index (χ2v) is 6.10. The van der Waals surface area contributed by atoms with Crippen molar-refractivity contribution in [1.29, 1.82) is 0 Å². The average Bonchev–Trinajstić information content (AvgIpc) is 2.59. The van der Waals surface area contributed by atoms with Gasteiger partial charge in [-0.15, -0.1) is 0 Å². The molecule has 0 bridgehead atoms. The number of phenols is 4. The summed E-state index contributed by atoms with van der Waals surface area (Å²) in [7, 11) is 0. The van der Waals surface area contributed by atoms with Crippen molar-refractivity contribution >= 4 is 0 Å². The van der Waals surface area contributed by atoms with E-state index < -0.39 is 0 Å². The molecule has 4 nitrogen and oxygen atoms in total. The first kappa shape index (κ1) is 20.9. The van der Waals surface area contributed by atoms with Crippen molar-refractivity contribution in [3.8, 4) is 23.0 Å². The van der Waals surface area contributed by atoms with Gasteiger partial charge in [-0.3, -0.25) is 0 Å². The fourth-order valence-corrected chi connectivity index (χ4v) is 2.06. The molecule has 3 aromatic rings. The van der Waals surface area contributed by atoms with E-state index in [-0.39, 0.29) is 11.5 Å². The molecule has 4 heteroatoms. The second-order valence-electron chi connectivity index (χ2n) is 6.10. The molecule has 0 unspecified atom stereocenters. The van der Waals surface area contributed by atoms with Gasteiger partial charge in [0.05, 0.1) is 0 Å². The van der Waals surface area contributed by atoms with Crippen LogP contribution in [0.4, 0.5) is 0 Å². The molecule has 0 spiro atoms. The molecule has 0 heterocycles. The van der Waals surface area contributed by atoms with Gasteiger partial charge in [0.2, 0.25) is 0 Å². The number of benzene rings is 3. The Hall–Kier alpha value is -3.14. The summed E-state index contributed by atoms with van der Waals surface area (Å²) in [5.41, 5.74) is 4.25. The molecule has 0 saturated heterocycles. The van der Waals surface area contributed by atoms with Gasteiger partial charge < -0.3 is 20.4 Å². The molecular formula is C22H26O4. The molecule has 0 atom stereocenters. The summed E-state index contributed by atoms with van der Waals surface area (Å²) in [6.45, 7) is 7.80. The summed E-state index contributed by atoms with van der Waals surface area (Å²) < 4.78 is 0. The summed E-state index contributed by atoms with van der Waals surface area (Å²) in [5, 5.41) is 35.4. The summed E-state index contributed by atoms with van der Waals surface area (Å²) in [4.78, 5) is 0. The first-order valence-corrected chi connectivity index (χ1v) is 8.19. The molecule has 0 amide bonds. The minimum Gasteiger partial charge on any atom is -0.508 e. The van der Waals surface area contributed by atoms with Crippen LogP contribution in [0.15, 0.2) is 60.7 Å². The number of aryl methyl sites for hydroxylation is 4. The van der Waals surface area contributed by atoms with Gasteiger partial charge in [0.15, 0.2) is 0 Å². The zero-order valence-electron chi connectivity index (χ0n) is 15.6.